The number of benzene rings is 2. The molecule has 19 heavy (non-hydrogen) atoms. The minimum absolute atomic E-state index is 0.370. The number of fused-ring (bicyclic) bond motifs is 1. The number of aromatic nitrogens is 2. The van der Waals surface area contributed by atoms with E-state index >= 15 is 0 Å². The number of halogens is 2. The van der Waals surface area contributed by atoms with Crippen molar-refractivity contribution in [3.63, 3.8) is 0 Å². The summed E-state index contributed by atoms with van der Waals surface area (Å²) in [6.07, 6.45) is 0. The SMILES string of the molecule is Clc1nnc(Oc2ccccc2Br)c2ccccc12. The maximum Gasteiger partial charge on any atom is 0.246 e. The highest BCUT2D eigenvalue weighted by Crippen LogP contribution is 2.33. The molecular formula is C14H8BrClN2O. The van der Waals surface area contributed by atoms with Crippen LogP contribution in [0.1, 0.15) is 0 Å². The summed E-state index contributed by atoms with van der Waals surface area (Å²) < 4.78 is 6.66. The van der Waals surface area contributed by atoms with Gasteiger partial charge in [0.05, 0.1) is 4.47 Å². The second kappa shape index (κ2) is 5.15. The fourth-order valence-electron chi connectivity index (χ4n) is 1.75. The smallest absolute Gasteiger partial charge is 0.246 e. The van der Waals surface area contributed by atoms with Gasteiger partial charge in [0, 0.05) is 10.8 Å². The molecule has 0 bridgehead atoms. The van der Waals surface area contributed by atoms with E-state index in [4.69, 9.17) is 16.3 Å². The Balaban J connectivity index is 2.12. The second-order valence-corrected chi connectivity index (χ2v) is 5.09. The molecule has 0 saturated heterocycles. The van der Waals surface area contributed by atoms with Gasteiger partial charge in [0.2, 0.25) is 5.88 Å². The van der Waals surface area contributed by atoms with Gasteiger partial charge >= 0.3 is 0 Å². The first-order chi connectivity index (χ1) is 9.25. The molecule has 0 spiro atoms. The molecule has 0 N–H and O–H groups in total. The molecule has 0 saturated carbocycles. The van der Waals surface area contributed by atoms with E-state index in [2.05, 4.69) is 26.1 Å². The third kappa shape index (κ3) is 2.41. The lowest BCUT2D eigenvalue weighted by molar-refractivity contribution is 0.459. The van der Waals surface area contributed by atoms with Gasteiger partial charge in [0.15, 0.2) is 5.15 Å². The third-order valence-corrected chi connectivity index (χ3v) is 3.59. The predicted molar refractivity (Wildman–Crippen MR) is 78.8 cm³/mol. The first-order valence-electron chi connectivity index (χ1n) is 5.59. The van der Waals surface area contributed by atoms with Crippen LogP contribution in [0.25, 0.3) is 10.8 Å². The van der Waals surface area contributed by atoms with Gasteiger partial charge < -0.3 is 4.74 Å². The van der Waals surface area contributed by atoms with Crippen molar-refractivity contribution in [2.45, 2.75) is 0 Å². The van der Waals surface area contributed by atoms with Gasteiger partial charge in [-0.3, -0.25) is 0 Å². The number of rotatable bonds is 2. The largest absolute Gasteiger partial charge is 0.436 e. The maximum atomic E-state index is 6.02. The lowest BCUT2D eigenvalue weighted by Crippen LogP contribution is -1.93. The Kier molecular flexibility index (Phi) is 3.36. The molecule has 0 aliphatic carbocycles. The van der Waals surface area contributed by atoms with Crippen molar-refractivity contribution in [2.24, 2.45) is 0 Å². The highest BCUT2D eigenvalue weighted by molar-refractivity contribution is 9.10. The van der Waals surface area contributed by atoms with Gasteiger partial charge in [0.25, 0.3) is 0 Å². The van der Waals surface area contributed by atoms with Gasteiger partial charge in [-0.25, -0.2) is 0 Å². The molecule has 1 heterocycles. The average molecular weight is 336 g/mol. The molecule has 3 rings (SSSR count). The van der Waals surface area contributed by atoms with Crippen LogP contribution in [0.4, 0.5) is 0 Å². The van der Waals surface area contributed by atoms with Crippen LogP contribution < -0.4 is 4.74 Å². The summed E-state index contributed by atoms with van der Waals surface area (Å²) in [5.74, 6) is 1.12. The van der Waals surface area contributed by atoms with Crippen molar-refractivity contribution in [2.75, 3.05) is 0 Å². The average Bonchev–Trinajstić information content (AvgIpc) is 2.44. The highest BCUT2D eigenvalue weighted by Gasteiger charge is 2.10. The lowest BCUT2D eigenvalue weighted by Gasteiger charge is -2.08. The molecule has 0 radical (unpaired) electrons. The van der Waals surface area contributed by atoms with Crippen molar-refractivity contribution in [1.29, 1.82) is 0 Å². The summed E-state index contributed by atoms with van der Waals surface area (Å²) in [7, 11) is 0. The van der Waals surface area contributed by atoms with Crippen molar-refractivity contribution in [1.82, 2.24) is 10.2 Å². The molecule has 0 amide bonds. The van der Waals surface area contributed by atoms with Gasteiger partial charge in [-0.1, -0.05) is 41.9 Å². The highest BCUT2D eigenvalue weighted by atomic mass is 79.9. The quantitative estimate of drug-likeness (QED) is 0.672. The molecular weight excluding hydrogens is 328 g/mol. The van der Waals surface area contributed by atoms with Gasteiger partial charge in [-0.15, -0.1) is 10.2 Å². The van der Waals surface area contributed by atoms with E-state index in [1.165, 1.54) is 0 Å². The van der Waals surface area contributed by atoms with Crippen molar-refractivity contribution in [3.05, 3.63) is 58.2 Å². The summed E-state index contributed by atoms with van der Waals surface area (Å²) in [5, 5.41) is 9.95. The van der Waals surface area contributed by atoms with Crippen molar-refractivity contribution < 1.29 is 4.74 Å². The van der Waals surface area contributed by atoms with Crippen LogP contribution >= 0.6 is 27.5 Å². The topological polar surface area (TPSA) is 35.0 Å². The first-order valence-corrected chi connectivity index (χ1v) is 6.76. The summed E-state index contributed by atoms with van der Waals surface area (Å²) in [5.41, 5.74) is 0. The van der Waals surface area contributed by atoms with E-state index in [1.807, 2.05) is 48.5 Å². The third-order valence-electron chi connectivity index (χ3n) is 2.65. The summed E-state index contributed by atoms with van der Waals surface area (Å²) in [6, 6.07) is 15.2. The normalized spacial score (nSPS) is 10.6. The molecule has 2 aromatic carbocycles. The number of para-hydroxylation sites is 1. The van der Waals surface area contributed by atoms with Crippen LogP contribution in [-0.2, 0) is 0 Å². The fraction of sp³-hybridized carbons (Fsp3) is 0. The molecule has 5 heteroatoms. The summed E-state index contributed by atoms with van der Waals surface area (Å²) in [6.45, 7) is 0. The number of nitrogens with zero attached hydrogens (tertiary/aromatic N) is 2. The first kappa shape index (κ1) is 12.4. The molecule has 1 aromatic heterocycles. The van der Waals surface area contributed by atoms with Gasteiger partial charge in [0.1, 0.15) is 5.75 Å². The van der Waals surface area contributed by atoms with Crippen molar-refractivity contribution in [3.8, 4) is 11.6 Å². The van der Waals surface area contributed by atoms with E-state index in [1.54, 1.807) is 0 Å². The fourth-order valence-corrected chi connectivity index (χ4v) is 2.32. The zero-order valence-electron chi connectivity index (χ0n) is 9.68. The van der Waals surface area contributed by atoms with E-state index in [-0.39, 0.29) is 0 Å². The van der Waals surface area contributed by atoms with Crippen LogP contribution in [0.5, 0.6) is 11.6 Å². The Morgan fingerprint density at radius 2 is 1.58 bits per heavy atom. The zero-order valence-corrected chi connectivity index (χ0v) is 12.0. The number of ether oxygens (including phenoxy) is 1. The van der Waals surface area contributed by atoms with Crippen LogP contribution in [0, 0.1) is 0 Å². The Morgan fingerprint density at radius 3 is 2.37 bits per heavy atom. The second-order valence-electron chi connectivity index (χ2n) is 3.87. The molecule has 3 aromatic rings. The Bertz CT molecular complexity index is 748. The van der Waals surface area contributed by atoms with Crippen LogP contribution in [0.15, 0.2) is 53.0 Å². The molecule has 0 unspecified atom stereocenters. The molecule has 94 valence electrons. The van der Waals surface area contributed by atoms with Crippen LogP contribution in [0.2, 0.25) is 5.15 Å². The minimum Gasteiger partial charge on any atom is -0.436 e. The maximum absolute atomic E-state index is 6.02. The Morgan fingerprint density at radius 1 is 0.895 bits per heavy atom. The van der Waals surface area contributed by atoms with Gasteiger partial charge in [-0.05, 0) is 34.1 Å². The minimum atomic E-state index is 0.370. The summed E-state index contributed by atoms with van der Waals surface area (Å²) in [4.78, 5) is 0. The van der Waals surface area contributed by atoms with Crippen LogP contribution in [-0.4, -0.2) is 10.2 Å². The molecule has 3 nitrogen and oxygen atoms in total. The van der Waals surface area contributed by atoms with E-state index in [9.17, 15) is 0 Å². The molecule has 0 aliphatic heterocycles. The summed E-state index contributed by atoms with van der Waals surface area (Å²) >= 11 is 9.46. The lowest BCUT2D eigenvalue weighted by atomic mass is 10.2. The van der Waals surface area contributed by atoms with Crippen LogP contribution in [0.3, 0.4) is 0 Å². The van der Waals surface area contributed by atoms with Gasteiger partial charge in [-0.2, -0.15) is 0 Å². The molecule has 0 atom stereocenters. The molecule has 0 fully saturated rings. The van der Waals surface area contributed by atoms with E-state index in [0.29, 0.717) is 16.8 Å². The standard InChI is InChI=1S/C14H8BrClN2O/c15-11-7-3-4-8-12(11)19-14-10-6-2-1-5-9(10)13(16)17-18-14/h1-8H. The predicted octanol–water partition coefficient (Wildman–Crippen LogP) is 4.84. The monoisotopic (exact) mass is 334 g/mol. The number of hydrogen-bond acceptors (Lipinski definition) is 3. The van der Waals surface area contributed by atoms with E-state index in [0.717, 1.165) is 15.2 Å². The van der Waals surface area contributed by atoms with Crippen molar-refractivity contribution >= 4 is 38.3 Å². The number of hydrogen-bond donors (Lipinski definition) is 0. The Labute approximate surface area is 123 Å². The Hall–Kier alpha value is -1.65. The molecule has 0 aliphatic rings. The van der Waals surface area contributed by atoms with E-state index < -0.39 is 0 Å². The zero-order chi connectivity index (χ0) is 13.2.